The van der Waals surface area contributed by atoms with Gasteiger partial charge in [-0.05, 0) is 48.6 Å². The predicted molar refractivity (Wildman–Crippen MR) is 99.3 cm³/mol. The fourth-order valence-electron chi connectivity index (χ4n) is 2.06. The van der Waals surface area contributed by atoms with Crippen LogP contribution >= 0.6 is 11.3 Å². The Morgan fingerprint density at radius 1 is 1.30 bits per heavy atom. The van der Waals surface area contributed by atoms with E-state index < -0.39 is 0 Å². The molecule has 0 aromatic carbocycles. The number of anilines is 1. The van der Waals surface area contributed by atoms with Crippen molar-refractivity contribution in [2.24, 2.45) is 4.99 Å². The lowest BCUT2D eigenvalue weighted by atomic mass is 10.2. The Morgan fingerprint density at radius 3 is 2.78 bits per heavy atom. The molecule has 0 saturated carbocycles. The molecule has 0 atom stereocenters. The molecule has 0 bridgehead atoms. The lowest BCUT2D eigenvalue weighted by Gasteiger charge is -2.13. The molecule has 0 spiro atoms. The van der Waals surface area contributed by atoms with Gasteiger partial charge in [-0.25, -0.2) is 9.98 Å². The number of aryl methyl sites for hydroxylation is 1. The number of pyridine rings is 1. The Balaban J connectivity index is 2.00. The molecular formula is C17H25N5S. The molecule has 0 amide bonds. The summed E-state index contributed by atoms with van der Waals surface area (Å²) in [6, 6.07) is 6.21. The van der Waals surface area contributed by atoms with Crippen molar-refractivity contribution in [3.63, 3.8) is 0 Å². The summed E-state index contributed by atoms with van der Waals surface area (Å²) >= 11 is 1.77. The van der Waals surface area contributed by atoms with Gasteiger partial charge in [0, 0.05) is 31.7 Å². The number of hydrogen-bond acceptors (Lipinski definition) is 4. The molecule has 2 aromatic heterocycles. The van der Waals surface area contributed by atoms with Gasteiger partial charge in [-0.2, -0.15) is 0 Å². The molecule has 0 aliphatic rings. The molecule has 5 nitrogen and oxygen atoms in total. The van der Waals surface area contributed by atoms with Crippen LogP contribution in [0.4, 0.5) is 5.82 Å². The van der Waals surface area contributed by atoms with Gasteiger partial charge in [0.2, 0.25) is 0 Å². The third-order valence-electron chi connectivity index (χ3n) is 3.42. The maximum Gasteiger partial charge on any atom is 0.191 e. The van der Waals surface area contributed by atoms with Gasteiger partial charge in [0.05, 0.1) is 13.1 Å². The number of rotatable bonds is 6. The normalized spacial score (nSPS) is 11.4. The lowest BCUT2D eigenvalue weighted by Crippen LogP contribution is -2.36. The first kappa shape index (κ1) is 17.3. The summed E-state index contributed by atoms with van der Waals surface area (Å²) in [6.07, 6.45) is 1.83. The lowest BCUT2D eigenvalue weighted by molar-refractivity contribution is 0.820. The van der Waals surface area contributed by atoms with E-state index in [-0.39, 0.29) is 0 Å². The third-order valence-corrected chi connectivity index (χ3v) is 4.44. The van der Waals surface area contributed by atoms with E-state index in [1.165, 1.54) is 10.4 Å². The van der Waals surface area contributed by atoms with Gasteiger partial charge in [0.25, 0.3) is 0 Å². The summed E-state index contributed by atoms with van der Waals surface area (Å²) in [4.78, 5) is 12.3. The van der Waals surface area contributed by atoms with Crippen LogP contribution < -0.4 is 15.5 Å². The van der Waals surface area contributed by atoms with Crippen molar-refractivity contribution in [2.45, 2.75) is 26.9 Å². The van der Waals surface area contributed by atoms with E-state index in [0.29, 0.717) is 6.54 Å². The minimum atomic E-state index is 0.627. The molecule has 2 N–H and O–H groups in total. The molecule has 124 valence electrons. The average molecular weight is 331 g/mol. The van der Waals surface area contributed by atoms with Crippen molar-refractivity contribution < 1.29 is 0 Å². The van der Waals surface area contributed by atoms with Crippen LogP contribution in [0, 0.1) is 6.92 Å². The standard InChI is InChI=1S/C17H25N5S/c1-5-18-17(21-12-15-13(2)7-9-23-15)20-11-14-6-8-19-16(10-14)22(3)4/h6-10H,5,11-12H2,1-4H3,(H2,18,20,21). The zero-order chi connectivity index (χ0) is 16.7. The molecule has 2 rings (SSSR count). The maximum absolute atomic E-state index is 4.67. The number of hydrogen-bond donors (Lipinski definition) is 2. The first-order chi connectivity index (χ1) is 11.1. The van der Waals surface area contributed by atoms with Crippen LogP contribution in [0.2, 0.25) is 0 Å². The van der Waals surface area contributed by atoms with E-state index in [4.69, 9.17) is 0 Å². The molecular weight excluding hydrogens is 306 g/mol. The van der Waals surface area contributed by atoms with E-state index in [0.717, 1.165) is 30.4 Å². The monoisotopic (exact) mass is 331 g/mol. The second-order valence-electron chi connectivity index (χ2n) is 5.49. The fraction of sp³-hybridized carbons (Fsp3) is 0.412. The second kappa shape index (κ2) is 8.53. The van der Waals surface area contributed by atoms with Gasteiger partial charge in [-0.15, -0.1) is 11.3 Å². The molecule has 0 saturated heterocycles. The zero-order valence-electron chi connectivity index (χ0n) is 14.3. The molecule has 0 radical (unpaired) electrons. The van der Waals surface area contributed by atoms with Gasteiger partial charge in [0.1, 0.15) is 5.82 Å². The summed E-state index contributed by atoms with van der Waals surface area (Å²) in [5.74, 6) is 1.79. The maximum atomic E-state index is 4.67. The molecule has 0 unspecified atom stereocenters. The molecule has 0 aliphatic heterocycles. The quantitative estimate of drug-likeness (QED) is 0.631. The summed E-state index contributed by atoms with van der Waals surface area (Å²) in [5, 5.41) is 8.81. The van der Waals surface area contributed by atoms with Crippen LogP contribution in [0.25, 0.3) is 0 Å². The van der Waals surface area contributed by atoms with E-state index in [1.807, 2.05) is 31.3 Å². The van der Waals surface area contributed by atoms with Gasteiger partial charge >= 0.3 is 0 Å². The van der Waals surface area contributed by atoms with Crippen LogP contribution in [0.1, 0.15) is 22.9 Å². The summed E-state index contributed by atoms with van der Waals surface area (Å²) in [6.45, 7) is 6.48. The highest BCUT2D eigenvalue weighted by Crippen LogP contribution is 2.15. The van der Waals surface area contributed by atoms with Gasteiger partial charge in [-0.1, -0.05) is 0 Å². The number of aliphatic imine (C=N–C) groups is 1. The van der Waals surface area contributed by atoms with Crippen molar-refractivity contribution >= 4 is 23.1 Å². The first-order valence-electron chi connectivity index (χ1n) is 7.77. The predicted octanol–water partition coefficient (Wildman–Crippen LogP) is 2.77. The number of thiophene rings is 1. The fourth-order valence-corrected chi connectivity index (χ4v) is 2.91. The number of guanidine groups is 1. The Hall–Kier alpha value is -2.08. The van der Waals surface area contributed by atoms with Crippen molar-refractivity contribution in [1.29, 1.82) is 0 Å². The van der Waals surface area contributed by atoms with Crippen LogP contribution in [-0.2, 0) is 13.1 Å². The van der Waals surface area contributed by atoms with Crippen molar-refractivity contribution in [3.8, 4) is 0 Å². The smallest absolute Gasteiger partial charge is 0.191 e. The minimum Gasteiger partial charge on any atom is -0.363 e. The second-order valence-corrected chi connectivity index (χ2v) is 6.49. The third kappa shape index (κ3) is 5.25. The van der Waals surface area contributed by atoms with E-state index in [1.54, 1.807) is 11.3 Å². The Kier molecular flexibility index (Phi) is 6.40. The summed E-state index contributed by atoms with van der Waals surface area (Å²) in [7, 11) is 3.98. The Labute approximate surface area is 142 Å². The van der Waals surface area contributed by atoms with Gasteiger partial charge in [-0.3, -0.25) is 0 Å². The zero-order valence-corrected chi connectivity index (χ0v) is 15.1. The largest absolute Gasteiger partial charge is 0.363 e. The molecule has 0 fully saturated rings. The van der Waals surface area contributed by atoms with Crippen molar-refractivity contribution in [3.05, 3.63) is 45.8 Å². The highest BCUT2D eigenvalue weighted by atomic mass is 32.1. The molecule has 2 heterocycles. The SMILES string of the molecule is CCNC(=NCc1ccnc(N(C)C)c1)NCc1sccc1C. The molecule has 0 aliphatic carbocycles. The number of nitrogens with one attached hydrogen (secondary N) is 2. The van der Waals surface area contributed by atoms with Crippen LogP contribution in [0.5, 0.6) is 0 Å². The summed E-state index contributed by atoms with van der Waals surface area (Å²) < 4.78 is 0. The topological polar surface area (TPSA) is 52.6 Å². The van der Waals surface area contributed by atoms with Crippen LogP contribution in [-0.4, -0.2) is 31.6 Å². The summed E-state index contributed by atoms with van der Waals surface area (Å²) in [5.41, 5.74) is 2.47. The Bertz CT molecular complexity index is 648. The highest BCUT2D eigenvalue weighted by molar-refractivity contribution is 7.10. The number of nitrogens with zero attached hydrogens (tertiary/aromatic N) is 3. The average Bonchev–Trinajstić information content (AvgIpc) is 2.95. The van der Waals surface area contributed by atoms with Crippen molar-refractivity contribution in [1.82, 2.24) is 15.6 Å². The molecule has 23 heavy (non-hydrogen) atoms. The van der Waals surface area contributed by atoms with Crippen LogP contribution in [0.15, 0.2) is 34.8 Å². The number of aromatic nitrogens is 1. The van der Waals surface area contributed by atoms with Crippen molar-refractivity contribution in [2.75, 3.05) is 25.5 Å². The highest BCUT2D eigenvalue weighted by Gasteiger charge is 2.03. The van der Waals surface area contributed by atoms with E-state index >= 15 is 0 Å². The minimum absolute atomic E-state index is 0.627. The molecule has 2 aromatic rings. The van der Waals surface area contributed by atoms with Crippen LogP contribution in [0.3, 0.4) is 0 Å². The Morgan fingerprint density at radius 2 is 2.13 bits per heavy atom. The first-order valence-corrected chi connectivity index (χ1v) is 8.65. The van der Waals surface area contributed by atoms with E-state index in [9.17, 15) is 0 Å². The molecule has 6 heteroatoms. The van der Waals surface area contributed by atoms with Gasteiger partial charge < -0.3 is 15.5 Å². The van der Waals surface area contributed by atoms with E-state index in [2.05, 4.69) is 52.0 Å². The van der Waals surface area contributed by atoms with Gasteiger partial charge in [0.15, 0.2) is 5.96 Å².